The minimum Gasteiger partial charge on any atom is -0.357 e. The van der Waals surface area contributed by atoms with Crippen LogP contribution in [0, 0.1) is 0 Å². The van der Waals surface area contributed by atoms with Crippen LogP contribution in [0.2, 0.25) is 0 Å². The first-order chi connectivity index (χ1) is 11.9. The van der Waals surface area contributed by atoms with Crippen molar-refractivity contribution in [3.8, 4) is 0 Å². The third-order valence-electron chi connectivity index (χ3n) is 3.84. The smallest absolute Gasteiger partial charge is 0.357 e. The molecule has 6 nitrogen and oxygen atoms in total. The lowest BCUT2D eigenvalue weighted by molar-refractivity contribution is -0.141. The number of pyridine rings is 1. The van der Waals surface area contributed by atoms with Crippen LogP contribution >= 0.6 is 0 Å². The van der Waals surface area contributed by atoms with E-state index in [-0.39, 0.29) is 12.1 Å². The predicted octanol–water partition coefficient (Wildman–Crippen LogP) is 2.42. The van der Waals surface area contributed by atoms with Gasteiger partial charge in [-0.05, 0) is 31.0 Å². The van der Waals surface area contributed by atoms with Crippen LogP contribution in [0.25, 0.3) is 0 Å². The van der Waals surface area contributed by atoms with E-state index in [1.54, 1.807) is 6.20 Å². The van der Waals surface area contributed by atoms with Crippen LogP contribution in [-0.2, 0) is 12.7 Å². The molecule has 3 heterocycles. The Morgan fingerprint density at radius 1 is 1.16 bits per heavy atom. The molecule has 0 unspecified atom stereocenters. The molecule has 1 aliphatic rings. The fourth-order valence-corrected chi connectivity index (χ4v) is 2.55. The van der Waals surface area contributed by atoms with Gasteiger partial charge in [-0.3, -0.25) is 9.78 Å². The molecule has 0 aromatic carbocycles. The molecule has 0 bridgehead atoms. The van der Waals surface area contributed by atoms with E-state index in [0.29, 0.717) is 5.82 Å². The highest BCUT2D eigenvalue weighted by atomic mass is 19.4. The lowest BCUT2D eigenvalue weighted by Crippen LogP contribution is -2.25. The van der Waals surface area contributed by atoms with E-state index < -0.39 is 17.8 Å². The van der Waals surface area contributed by atoms with Crippen LogP contribution in [0.15, 0.2) is 30.6 Å². The molecule has 0 atom stereocenters. The summed E-state index contributed by atoms with van der Waals surface area (Å²) in [5, 5.41) is 2.59. The van der Waals surface area contributed by atoms with E-state index in [0.717, 1.165) is 50.1 Å². The molecule has 1 aliphatic heterocycles. The second kappa shape index (κ2) is 7.04. The zero-order valence-corrected chi connectivity index (χ0v) is 13.3. The van der Waals surface area contributed by atoms with Crippen molar-refractivity contribution in [2.24, 2.45) is 0 Å². The molecule has 0 spiro atoms. The number of carbonyl (C=O) groups excluding carboxylic acids is 1. The van der Waals surface area contributed by atoms with E-state index >= 15 is 0 Å². The molecule has 0 radical (unpaired) electrons. The Balaban J connectivity index is 1.61. The van der Waals surface area contributed by atoms with Gasteiger partial charge in [-0.25, -0.2) is 9.97 Å². The van der Waals surface area contributed by atoms with E-state index in [2.05, 4.69) is 25.2 Å². The van der Waals surface area contributed by atoms with Gasteiger partial charge in [0.1, 0.15) is 17.3 Å². The van der Waals surface area contributed by atoms with Crippen molar-refractivity contribution < 1.29 is 18.0 Å². The number of hydrogen-bond donors (Lipinski definition) is 1. The predicted molar refractivity (Wildman–Crippen MR) is 83.9 cm³/mol. The topological polar surface area (TPSA) is 71.0 Å². The van der Waals surface area contributed by atoms with Crippen LogP contribution in [-0.4, -0.2) is 33.9 Å². The summed E-state index contributed by atoms with van der Waals surface area (Å²) < 4.78 is 37.4. The number of hydrogen-bond acceptors (Lipinski definition) is 5. The van der Waals surface area contributed by atoms with Gasteiger partial charge in [0, 0.05) is 25.5 Å². The molecule has 3 rings (SSSR count). The standard InChI is InChI=1S/C16H16F3N5O/c17-16(18,19)12-4-3-11(9-21-12)15(25)22-10-13-20-6-5-14(23-13)24-7-1-2-8-24/h3-6,9H,1-2,7-8,10H2,(H,22,25). The van der Waals surface area contributed by atoms with Crippen molar-refractivity contribution in [1.29, 1.82) is 0 Å². The number of halogens is 3. The van der Waals surface area contributed by atoms with Crippen LogP contribution in [0.1, 0.15) is 34.7 Å². The van der Waals surface area contributed by atoms with Gasteiger partial charge in [-0.2, -0.15) is 13.2 Å². The molecule has 1 saturated heterocycles. The average Bonchev–Trinajstić information content (AvgIpc) is 3.14. The molecule has 1 N–H and O–H groups in total. The minimum atomic E-state index is -4.53. The average molecular weight is 351 g/mol. The number of anilines is 1. The Kier molecular flexibility index (Phi) is 4.82. The van der Waals surface area contributed by atoms with E-state index in [4.69, 9.17) is 0 Å². The quantitative estimate of drug-likeness (QED) is 0.916. The van der Waals surface area contributed by atoms with E-state index in [1.165, 1.54) is 0 Å². The van der Waals surface area contributed by atoms with Crippen LogP contribution in [0.4, 0.5) is 19.0 Å². The van der Waals surface area contributed by atoms with Crippen LogP contribution in [0.5, 0.6) is 0 Å². The molecule has 1 amide bonds. The molecule has 2 aromatic heterocycles. The van der Waals surface area contributed by atoms with Gasteiger partial charge in [0.25, 0.3) is 5.91 Å². The number of rotatable bonds is 4. The fraction of sp³-hybridized carbons (Fsp3) is 0.375. The molecular weight excluding hydrogens is 335 g/mol. The number of carbonyl (C=O) groups is 1. The van der Waals surface area contributed by atoms with E-state index in [9.17, 15) is 18.0 Å². The van der Waals surface area contributed by atoms with Crippen LogP contribution < -0.4 is 10.2 Å². The van der Waals surface area contributed by atoms with Crippen molar-refractivity contribution >= 4 is 11.7 Å². The number of nitrogens with zero attached hydrogens (tertiary/aromatic N) is 4. The molecule has 1 fully saturated rings. The van der Waals surface area contributed by atoms with E-state index in [1.807, 2.05) is 6.07 Å². The highest BCUT2D eigenvalue weighted by Gasteiger charge is 2.32. The monoisotopic (exact) mass is 351 g/mol. The maximum atomic E-state index is 12.5. The normalized spacial score (nSPS) is 14.6. The first-order valence-electron chi connectivity index (χ1n) is 7.82. The summed E-state index contributed by atoms with van der Waals surface area (Å²) in [4.78, 5) is 25.9. The minimum absolute atomic E-state index is 0.0451. The lowest BCUT2D eigenvalue weighted by Gasteiger charge is -2.16. The van der Waals surface area contributed by atoms with Gasteiger partial charge in [-0.15, -0.1) is 0 Å². The molecule has 0 saturated carbocycles. The van der Waals surface area contributed by atoms with Crippen molar-refractivity contribution in [1.82, 2.24) is 20.3 Å². The highest BCUT2D eigenvalue weighted by Crippen LogP contribution is 2.27. The lowest BCUT2D eigenvalue weighted by atomic mass is 10.2. The summed E-state index contributed by atoms with van der Waals surface area (Å²) in [5.41, 5.74) is -0.991. The Hall–Kier alpha value is -2.71. The summed E-state index contributed by atoms with van der Waals surface area (Å²) in [7, 11) is 0. The molecule has 2 aromatic rings. The van der Waals surface area contributed by atoms with Crippen LogP contribution in [0.3, 0.4) is 0 Å². The Labute approximate surface area is 142 Å². The second-order valence-corrected chi connectivity index (χ2v) is 5.64. The van der Waals surface area contributed by atoms with Gasteiger partial charge >= 0.3 is 6.18 Å². The maximum absolute atomic E-state index is 12.5. The Bertz CT molecular complexity index is 742. The third-order valence-corrected chi connectivity index (χ3v) is 3.84. The van der Waals surface area contributed by atoms with Gasteiger partial charge in [0.2, 0.25) is 0 Å². The zero-order valence-electron chi connectivity index (χ0n) is 13.3. The van der Waals surface area contributed by atoms with Gasteiger partial charge in [0.15, 0.2) is 0 Å². The summed E-state index contributed by atoms with van der Waals surface area (Å²) in [6, 6.07) is 3.68. The number of amides is 1. The number of nitrogens with one attached hydrogen (secondary N) is 1. The van der Waals surface area contributed by atoms with Crippen molar-refractivity contribution in [2.45, 2.75) is 25.6 Å². The van der Waals surface area contributed by atoms with Crippen molar-refractivity contribution in [2.75, 3.05) is 18.0 Å². The summed E-state index contributed by atoms with van der Waals surface area (Å²) in [6.07, 6.45) is 0.244. The molecule has 9 heteroatoms. The summed E-state index contributed by atoms with van der Waals surface area (Å²) >= 11 is 0. The fourth-order valence-electron chi connectivity index (χ4n) is 2.55. The summed E-state index contributed by atoms with van der Waals surface area (Å²) in [5.74, 6) is 0.724. The Morgan fingerprint density at radius 3 is 2.56 bits per heavy atom. The SMILES string of the molecule is O=C(NCc1nccc(N2CCCC2)n1)c1ccc(C(F)(F)F)nc1. The van der Waals surface area contributed by atoms with Crippen molar-refractivity contribution in [3.05, 3.63) is 47.7 Å². The highest BCUT2D eigenvalue weighted by molar-refractivity contribution is 5.93. The molecule has 0 aliphatic carbocycles. The van der Waals surface area contributed by atoms with Gasteiger partial charge < -0.3 is 10.2 Å². The molecule has 132 valence electrons. The number of alkyl halides is 3. The molecular formula is C16H16F3N5O. The maximum Gasteiger partial charge on any atom is 0.433 e. The number of aromatic nitrogens is 3. The Morgan fingerprint density at radius 2 is 1.92 bits per heavy atom. The van der Waals surface area contributed by atoms with Crippen molar-refractivity contribution in [3.63, 3.8) is 0 Å². The largest absolute Gasteiger partial charge is 0.433 e. The third kappa shape index (κ3) is 4.23. The zero-order chi connectivity index (χ0) is 17.9. The first-order valence-corrected chi connectivity index (χ1v) is 7.82. The second-order valence-electron chi connectivity index (χ2n) is 5.64. The summed E-state index contributed by atoms with van der Waals surface area (Å²) in [6.45, 7) is 1.97. The first kappa shape index (κ1) is 17.1. The van der Waals surface area contributed by atoms with Gasteiger partial charge in [0.05, 0.1) is 12.1 Å². The molecule has 25 heavy (non-hydrogen) atoms. The van der Waals surface area contributed by atoms with Gasteiger partial charge in [-0.1, -0.05) is 0 Å².